The second-order valence-corrected chi connectivity index (χ2v) is 6.95. The smallest absolute Gasteiger partial charge is 0.226 e. The molecule has 1 atom stereocenters. The van der Waals surface area contributed by atoms with Gasteiger partial charge >= 0.3 is 0 Å². The molecule has 1 aromatic heterocycles. The highest BCUT2D eigenvalue weighted by Crippen LogP contribution is 2.33. The molecule has 0 radical (unpaired) electrons. The summed E-state index contributed by atoms with van der Waals surface area (Å²) in [6.07, 6.45) is 7.09. The van der Waals surface area contributed by atoms with Crippen LogP contribution in [0, 0.1) is 0 Å². The van der Waals surface area contributed by atoms with Crippen LogP contribution in [0.5, 0.6) is 11.5 Å². The van der Waals surface area contributed by atoms with Crippen molar-refractivity contribution in [2.75, 3.05) is 5.32 Å². The van der Waals surface area contributed by atoms with Crippen molar-refractivity contribution in [1.29, 1.82) is 0 Å². The summed E-state index contributed by atoms with van der Waals surface area (Å²) in [4.78, 5) is 30.5. The summed E-state index contributed by atoms with van der Waals surface area (Å²) in [5.74, 6) is 0.982. The average molecular weight is 399 g/mol. The number of ether oxygens (including phenoxy) is 1. The molecule has 6 heteroatoms. The van der Waals surface area contributed by atoms with E-state index in [0.29, 0.717) is 17.2 Å². The van der Waals surface area contributed by atoms with Gasteiger partial charge in [-0.25, -0.2) is 0 Å². The molecule has 0 bridgehead atoms. The number of rotatable bonds is 5. The van der Waals surface area contributed by atoms with Gasteiger partial charge in [-0.05, 0) is 41.5 Å². The molecule has 1 unspecified atom stereocenters. The SMILES string of the molecule is CC(=O)N1C=Cc2ccccc2C1CC(=O)Nc1cccc(Oc2ccncc2)c1. The minimum Gasteiger partial charge on any atom is -0.457 e. The summed E-state index contributed by atoms with van der Waals surface area (Å²) >= 11 is 0. The van der Waals surface area contributed by atoms with Crippen LogP contribution in [-0.2, 0) is 9.59 Å². The topological polar surface area (TPSA) is 71.5 Å². The number of carbonyl (C=O) groups is 2. The second kappa shape index (κ2) is 8.61. The number of hydrogen-bond donors (Lipinski definition) is 1. The Kier molecular flexibility index (Phi) is 5.57. The van der Waals surface area contributed by atoms with Crippen LogP contribution in [0.1, 0.15) is 30.5 Å². The Morgan fingerprint density at radius 2 is 1.83 bits per heavy atom. The van der Waals surface area contributed by atoms with Crippen molar-refractivity contribution in [3.05, 3.63) is 90.4 Å². The van der Waals surface area contributed by atoms with Crippen LogP contribution in [0.2, 0.25) is 0 Å². The Labute approximate surface area is 174 Å². The molecule has 2 heterocycles. The lowest BCUT2D eigenvalue weighted by atomic mass is 9.93. The third-order valence-electron chi connectivity index (χ3n) is 4.85. The largest absolute Gasteiger partial charge is 0.457 e. The highest BCUT2D eigenvalue weighted by atomic mass is 16.5. The van der Waals surface area contributed by atoms with Crippen LogP contribution in [0.15, 0.2) is 79.3 Å². The average Bonchev–Trinajstić information content (AvgIpc) is 2.74. The van der Waals surface area contributed by atoms with E-state index in [1.54, 1.807) is 47.8 Å². The molecule has 0 saturated heterocycles. The van der Waals surface area contributed by atoms with E-state index in [4.69, 9.17) is 4.74 Å². The molecule has 30 heavy (non-hydrogen) atoms. The standard InChI is InChI=1S/C24H21N3O3/c1-17(28)27-14-11-18-5-2-3-8-22(18)23(27)16-24(29)26-19-6-4-7-21(15-19)30-20-9-12-25-13-10-20/h2-15,23H,16H2,1H3,(H,26,29). The Bertz CT molecular complexity index is 1100. The molecule has 0 saturated carbocycles. The molecule has 1 N–H and O–H groups in total. The molecule has 1 aliphatic rings. The van der Waals surface area contributed by atoms with E-state index in [1.165, 1.54) is 6.92 Å². The first-order chi connectivity index (χ1) is 14.6. The van der Waals surface area contributed by atoms with Crippen molar-refractivity contribution in [2.24, 2.45) is 0 Å². The fourth-order valence-corrected chi connectivity index (χ4v) is 3.48. The summed E-state index contributed by atoms with van der Waals surface area (Å²) in [5, 5.41) is 2.91. The van der Waals surface area contributed by atoms with Gasteiger partial charge in [-0.1, -0.05) is 30.3 Å². The van der Waals surface area contributed by atoms with E-state index in [-0.39, 0.29) is 24.3 Å². The number of nitrogens with zero attached hydrogens (tertiary/aromatic N) is 2. The highest BCUT2D eigenvalue weighted by Gasteiger charge is 2.28. The van der Waals surface area contributed by atoms with Gasteiger partial charge in [0.15, 0.2) is 0 Å². The van der Waals surface area contributed by atoms with Crippen molar-refractivity contribution >= 4 is 23.6 Å². The quantitative estimate of drug-likeness (QED) is 0.670. The van der Waals surface area contributed by atoms with E-state index < -0.39 is 0 Å². The summed E-state index contributed by atoms with van der Waals surface area (Å²) in [6, 6.07) is 18.2. The van der Waals surface area contributed by atoms with Gasteiger partial charge in [-0.2, -0.15) is 0 Å². The lowest BCUT2D eigenvalue weighted by molar-refractivity contribution is -0.129. The molecule has 6 nitrogen and oxygen atoms in total. The van der Waals surface area contributed by atoms with Crippen LogP contribution >= 0.6 is 0 Å². The number of fused-ring (bicyclic) bond motifs is 1. The Hall–Kier alpha value is -3.93. The first kappa shape index (κ1) is 19.4. The molecular formula is C24H21N3O3. The third-order valence-corrected chi connectivity index (χ3v) is 4.85. The Balaban J connectivity index is 1.48. The van der Waals surface area contributed by atoms with Gasteiger partial charge in [0.2, 0.25) is 11.8 Å². The molecule has 2 amide bonds. The normalized spacial score (nSPS) is 14.7. The van der Waals surface area contributed by atoms with Gasteiger partial charge in [0.05, 0.1) is 12.5 Å². The molecule has 4 rings (SSSR count). The molecule has 3 aromatic rings. The van der Waals surface area contributed by atoms with Crippen molar-refractivity contribution in [2.45, 2.75) is 19.4 Å². The number of aromatic nitrogens is 1. The lowest BCUT2D eigenvalue weighted by Gasteiger charge is -2.32. The van der Waals surface area contributed by atoms with E-state index >= 15 is 0 Å². The van der Waals surface area contributed by atoms with Gasteiger partial charge in [-0.3, -0.25) is 14.6 Å². The van der Waals surface area contributed by atoms with E-state index in [0.717, 1.165) is 11.1 Å². The molecule has 0 spiro atoms. The van der Waals surface area contributed by atoms with Crippen molar-refractivity contribution in [3.63, 3.8) is 0 Å². The van der Waals surface area contributed by atoms with Crippen LogP contribution in [-0.4, -0.2) is 21.7 Å². The maximum absolute atomic E-state index is 12.8. The zero-order valence-corrected chi connectivity index (χ0v) is 16.5. The molecule has 2 aromatic carbocycles. The second-order valence-electron chi connectivity index (χ2n) is 6.95. The van der Waals surface area contributed by atoms with Crippen LogP contribution < -0.4 is 10.1 Å². The minimum atomic E-state index is -0.347. The van der Waals surface area contributed by atoms with Gasteiger partial charge in [0.1, 0.15) is 11.5 Å². The third kappa shape index (κ3) is 4.38. The summed E-state index contributed by atoms with van der Waals surface area (Å²) in [5.41, 5.74) is 2.60. The van der Waals surface area contributed by atoms with Crippen LogP contribution in [0.3, 0.4) is 0 Å². The molecule has 0 aliphatic carbocycles. The monoisotopic (exact) mass is 399 g/mol. The maximum Gasteiger partial charge on any atom is 0.226 e. The number of nitrogens with one attached hydrogen (secondary N) is 1. The number of benzene rings is 2. The first-order valence-electron chi connectivity index (χ1n) is 9.64. The molecule has 1 aliphatic heterocycles. The first-order valence-corrected chi connectivity index (χ1v) is 9.64. The summed E-state index contributed by atoms with van der Waals surface area (Å²) in [6.45, 7) is 1.50. The predicted molar refractivity (Wildman–Crippen MR) is 115 cm³/mol. The number of hydrogen-bond acceptors (Lipinski definition) is 4. The number of anilines is 1. The van der Waals surface area contributed by atoms with Crippen molar-refractivity contribution in [3.8, 4) is 11.5 Å². The van der Waals surface area contributed by atoms with Crippen molar-refractivity contribution < 1.29 is 14.3 Å². The van der Waals surface area contributed by atoms with E-state index in [9.17, 15) is 9.59 Å². The predicted octanol–water partition coefficient (Wildman–Crippen LogP) is 4.78. The lowest BCUT2D eigenvalue weighted by Crippen LogP contribution is -2.33. The highest BCUT2D eigenvalue weighted by molar-refractivity contribution is 5.92. The Morgan fingerprint density at radius 3 is 2.63 bits per heavy atom. The zero-order chi connectivity index (χ0) is 20.9. The number of pyridine rings is 1. The van der Waals surface area contributed by atoms with Crippen LogP contribution in [0.25, 0.3) is 6.08 Å². The van der Waals surface area contributed by atoms with Gasteiger partial charge in [-0.15, -0.1) is 0 Å². The van der Waals surface area contributed by atoms with Gasteiger partial charge in [0, 0.05) is 37.3 Å². The van der Waals surface area contributed by atoms with Crippen molar-refractivity contribution in [1.82, 2.24) is 9.88 Å². The number of carbonyl (C=O) groups excluding carboxylic acids is 2. The number of amides is 2. The summed E-state index contributed by atoms with van der Waals surface area (Å²) in [7, 11) is 0. The zero-order valence-electron chi connectivity index (χ0n) is 16.5. The summed E-state index contributed by atoms with van der Waals surface area (Å²) < 4.78 is 5.79. The van der Waals surface area contributed by atoms with E-state index in [1.807, 2.05) is 42.5 Å². The molecular weight excluding hydrogens is 378 g/mol. The molecule has 150 valence electrons. The van der Waals surface area contributed by atoms with Gasteiger partial charge < -0.3 is 15.0 Å². The Morgan fingerprint density at radius 1 is 1.03 bits per heavy atom. The van der Waals surface area contributed by atoms with Crippen LogP contribution in [0.4, 0.5) is 5.69 Å². The van der Waals surface area contributed by atoms with E-state index in [2.05, 4.69) is 10.3 Å². The minimum absolute atomic E-state index is 0.105. The molecule has 0 fully saturated rings. The van der Waals surface area contributed by atoms with Gasteiger partial charge in [0.25, 0.3) is 0 Å². The maximum atomic E-state index is 12.8. The fraction of sp³-hybridized carbons (Fsp3) is 0.125. The fourth-order valence-electron chi connectivity index (χ4n) is 3.48.